The molecule has 0 aromatic carbocycles. The smallest absolute Gasteiger partial charge is 0.137 e. The summed E-state index contributed by atoms with van der Waals surface area (Å²) in [6, 6.07) is 0.682. The molecule has 5 heteroatoms. The van der Waals surface area contributed by atoms with Crippen LogP contribution >= 0.6 is 0 Å². The average Bonchev–Trinajstić information content (AvgIpc) is 2.34. The highest BCUT2D eigenvalue weighted by molar-refractivity contribution is 5.56. The van der Waals surface area contributed by atoms with Crippen molar-refractivity contribution in [2.24, 2.45) is 0 Å². The van der Waals surface area contributed by atoms with Crippen LogP contribution < -0.4 is 10.6 Å². The lowest BCUT2D eigenvalue weighted by molar-refractivity contribution is 0.249. The van der Waals surface area contributed by atoms with E-state index in [9.17, 15) is 0 Å². The van der Waals surface area contributed by atoms with Gasteiger partial charge in [0.15, 0.2) is 0 Å². The number of rotatable bonds is 2. The van der Waals surface area contributed by atoms with Gasteiger partial charge in [-0.1, -0.05) is 0 Å². The Morgan fingerprint density at radius 2 is 1.78 bits per heavy atom. The minimum Gasteiger partial charge on any atom is -0.383 e. The highest BCUT2D eigenvalue weighted by Gasteiger charge is 2.23. The molecule has 2 heterocycles. The third kappa shape index (κ3) is 2.56. The second-order valence-corrected chi connectivity index (χ2v) is 5.29. The molecule has 5 nitrogen and oxygen atoms in total. The SMILES string of the molecule is Cc1nc(N)c(C)c(N2CCC(N(C)C)CC2)n1. The first-order valence-electron chi connectivity index (χ1n) is 6.51. The predicted molar refractivity (Wildman–Crippen MR) is 74.8 cm³/mol. The molecule has 0 unspecified atom stereocenters. The number of anilines is 2. The summed E-state index contributed by atoms with van der Waals surface area (Å²) in [6.07, 6.45) is 2.35. The fourth-order valence-corrected chi connectivity index (χ4v) is 2.54. The Labute approximate surface area is 109 Å². The fourth-order valence-electron chi connectivity index (χ4n) is 2.54. The van der Waals surface area contributed by atoms with Gasteiger partial charge in [-0.2, -0.15) is 0 Å². The van der Waals surface area contributed by atoms with Crippen LogP contribution in [-0.4, -0.2) is 48.1 Å². The van der Waals surface area contributed by atoms with Crippen LogP contribution in [-0.2, 0) is 0 Å². The number of hydrogen-bond donors (Lipinski definition) is 1. The maximum Gasteiger partial charge on any atom is 0.137 e. The third-order valence-corrected chi connectivity index (χ3v) is 3.76. The van der Waals surface area contributed by atoms with Crippen LogP contribution in [0.1, 0.15) is 24.2 Å². The predicted octanol–water partition coefficient (Wildman–Crippen LogP) is 1.21. The normalized spacial score (nSPS) is 17.5. The van der Waals surface area contributed by atoms with Crippen LogP contribution in [0.25, 0.3) is 0 Å². The van der Waals surface area contributed by atoms with E-state index in [1.165, 1.54) is 12.8 Å². The van der Waals surface area contributed by atoms with Gasteiger partial charge in [-0.25, -0.2) is 9.97 Å². The maximum atomic E-state index is 5.92. The van der Waals surface area contributed by atoms with Gasteiger partial charge in [0.2, 0.25) is 0 Å². The summed E-state index contributed by atoms with van der Waals surface area (Å²) in [7, 11) is 4.30. The summed E-state index contributed by atoms with van der Waals surface area (Å²) in [6.45, 7) is 5.98. The number of piperidine rings is 1. The number of nitrogens with zero attached hydrogens (tertiary/aromatic N) is 4. The highest BCUT2D eigenvalue weighted by atomic mass is 15.2. The molecule has 2 N–H and O–H groups in total. The van der Waals surface area contributed by atoms with E-state index < -0.39 is 0 Å². The molecule has 1 aliphatic heterocycles. The van der Waals surface area contributed by atoms with Gasteiger partial charge < -0.3 is 15.5 Å². The summed E-state index contributed by atoms with van der Waals surface area (Å²) in [5.74, 6) is 2.37. The lowest BCUT2D eigenvalue weighted by atomic mass is 10.0. The van der Waals surface area contributed by atoms with E-state index in [-0.39, 0.29) is 0 Å². The van der Waals surface area contributed by atoms with Crippen LogP contribution in [0.15, 0.2) is 0 Å². The number of aromatic nitrogens is 2. The van der Waals surface area contributed by atoms with Crippen LogP contribution in [0, 0.1) is 13.8 Å². The second kappa shape index (κ2) is 5.10. The van der Waals surface area contributed by atoms with E-state index in [0.29, 0.717) is 11.9 Å². The molecule has 0 bridgehead atoms. The minimum absolute atomic E-state index is 0.604. The molecule has 0 amide bonds. The van der Waals surface area contributed by atoms with Crippen LogP contribution in [0.2, 0.25) is 0 Å². The van der Waals surface area contributed by atoms with Gasteiger partial charge in [-0.05, 0) is 40.8 Å². The van der Waals surface area contributed by atoms with Crippen LogP contribution in [0.3, 0.4) is 0 Å². The Morgan fingerprint density at radius 3 is 2.33 bits per heavy atom. The van der Waals surface area contributed by atoms with Crippen LogP contribution in [0.4, 0.5) is 11.6 Å². The molecular formula is C13H23N5. The average molecular weight is 249 g/mol. The van der Waals surface area contributed by atoms with E-state index in [2.05, 4.69) is 33.9 Å². The monoisotopic (exact) mass is 249 g/mol. The maximum absolute atomic E-state index is 5.92. The first kappa shape index (κ1) is 13.1. The topological polar surface area (TPSA) is 58.3 Å². The quantitative estimate of drug-likeness (QED) is 0.853. The Balaban J connectivity index is 2.15. The minimum atomic E-state index is 0.604. The molecule has 18 heavy (non-hydrogen) atoms. The number of nitrogen functional groups attached to an aromatic ring is 1. The molecule has 1 saturated heterocycles. The Hall–Kier alpha value is -1.36. The molecule has 0 spiro atoms. The second-order valence-electron chi connectivity index (χ2n) is 5.29. The van der Waals surface area contributed by atoms with Crippen molar-refractivity contribution < 1.29 is 0 Å². The molecule has 0 saturated carbocycles. The zero-order chi connectivity index (χ0) is 13.3. The summed E-state index contributed by atoms with van der Waals surface area (Å²) in [5, 5.41) is 0. The van der Waals surface area contributed by atoms with Crippen molar-refractivity contribution in [3.8, 4) is 0 Å². The number of aryl methyl sites for hydroxylation is 1. The Morgan fingerprint density at radius 1 is 1.17 bits per heavy atom. The summed E-state index contributed by atoms with van der Waals surface area (Å²) < 4.78 is 0. The molecule has 1 aliphatic rings. The Bertz CT molecular complexity index is 422. The van der Waals surface area contributed by atoms with Crippen molar-refractivity contribution in [3.63, 3.8) is 0 Å². The van der Waals surface area contributed by atoms with Gasteiger partial charge in [-0.15, -0.1) is 0 Å². The van der Waals surface area contributed by atoms with Crippen molar-refractivity contribution in [1.29, 1.82) is 0 Å². The van der Waals surface area contributed by atoms with E-state index in [0.717, 1.165) is 30.3 Å². The lowest BCUT2D eigenvalue weighted by Gasteiger charge is -2.36. The molecule has 0 radical (unpaired) electrons. The highest BCUT2D eigenvalue weighted by Crippen LogP contribution is 2.25. The van der Waals surface area contributed by atoms with E-state index in [4.69, 9.17) is 5.73 Å². The Kier molecular flexibility index (Phi) is 3.71. The van der Waals surface area contributed by atoms with Crippen molar-refractivity contribution in [1.82, 2.24) is 14.9 Å². The first-order valence-corrected chi connectivity index (χ1v) is 6.51. The van der Waals surface area contributed by atoms with E-state index >= 15 is 0 Å². The molecule has 2 rings (SSSR count). The van der Waals surface area contributed by atoms with Gasteiger partial charge in [0.1, 0.15) is 17.5 Å². The third-order valence-electron chi connectivity index (χ3n) is 3.76. The van der Waals surface area contributed by atoms with Gasteiger partial charge in [0.25, 0.3) is 0 Å². The van der Waals surface area contributed by atoms with Crippen molar-refractivity contribution >= 4 is 11.6 Å². The number of hydrogen-bond acceptors (Lipinski definition) is 5. The lowest BCUT2D eigenvalue weighted by Crippen LogP contribution is -2.42. The van der Waals surface area contributed by atoms with E-state index in [1.54, 1.807) is 0 Å². The van der Waals surface area contributed by atoms with Gasteiger partial charge in [0, 0.05) is 24.7 Å². The summed E-state index contributed by atoms with van der Waals surface area (Å²) >= 11 is 0. The molecule has 0 atom stereocenters. The first-order chi connectivity index (χ1) is 8.49. The molecule has 1 aromatic heterocycles. The largest absolute Gasteiger partial charge is 0.383 e. The summed E-state index contributed by atoms with van der Waals surface area (Å²) in [4.78, 5) is 13.4. The number of nitrogens with two attached hydrogens (primary N) is 1. The van der Waals surface area contributed by atoms with Crippen molar-refractivity contribution in [2.75, 3.05) is 37.8 Å². The van der Waals surface area contributed by atoms with Gasteiger partial charge >= 0.3 is 0 Å². The molecule has 100 valence electrons. The standard InChI is InChI=1S/C13H23N5/c1-9-12(14)15-10(2)16-13(9)18-7-5-11(6-8-18)17(3)4/h11H,5-8H2,1-4H3,(H2,14,15,16). The van der Waals surface area contributed by atoms with Gasteiger partial charge in [-0.3, -0.25) is 0 Å². The molecule has 1 fully saturated rings. The molecule has 1 aromatic rings. The fraction of sp³-hybridized carbons (Fsp3) is 0.692. The van der Waals surface area contributed by atoms with Crippen LogP contribution in [0.5, 0.6) is 0 Å². The van der Waals surface area contributed by atoms with Crippen molar-refractivity contribution in [2.45, 2.75) is 32.7 Å². The summed E-state index contributed by atoms with van der Waals surface area (Å²) in [5.41, 5.74) is 6.92. The molecule has 0 aliphatic carbocycles. The zero-order valence-corrected chi connectivity index (χ0v) is 11.8. The molecular weight excluding hydrogens is 226 g/mol. The zero-order valence-electron chi connectivity index (χ0n) is 11.8. The van der Waals surface area contributed by atoms with Crippen molar-refractivity contribution in [3.05, 3.63) is 11.4 Å². The van der Waals surface area contributed by atoms with Gasteiger partial charge in [0.05, 0.1) is 0 Å². The van der Waals surface area contributed by atoms with E-state index in [1.807, 2.05) is 13.8 Å².